The van der Waals surface area contributed by atoms with Gasteiger partial charge >= 0.3 is 0 Å². The Morgan fingerprint density at radius 1 is 1.47 bits per heavy atom. The lowest BCUT2D eigenvalue weighted by atomic mass is 10.1. The molecular weight excluding hydrogens is 191 g/mol. The van der Waals surface area contributed by atoms with Gasteiger partial charge in [-0.05, 0) is 24.6 Å². The fourth-order valence-electron chi connectivity index (χ4n) is 1.30. The van der Waals surface area contributed by atoms with Gasteiger partial charge in [-0.25, -0.2) is 4.39 Å². The first-order valence-corrected chi connectivity index (χ1v) is 5.38. The highest BCUT2D eigenvalue weighted by Crippen LogP contribution is 2.11. The van der Waals surface area contributed by atoms with E-state index in [2.05, 4.69) is 19.2 Å². The van der Waals surface area contributed by atoms with Gasteiger partial charge in [0, 0.05) is 17.8 Å². The second kappa shape index (κ2) is 5.71. The van der Waals surface area contributed by atoms with Crippen LogP contribution in [-0.2, 0) is 6.54 Å². The van der Waals surface area contributed by atoms with Crippen LogP contribution < -0.4 is 11.1 Å². The maximum atomic E-state index is 13.3. The number of nitrogens with two attached hydrogens (primary N) is 1. The third-order valence-corrected chi connectivity index (χ3v) is 2.58. The highest BCUT2D eigenvalue weighted by molar-refractivity contribution is 5.40. The molecular formula is C12H19FN2. The highest BCUT2D eigenvalue weighted by atomic mass is 19.1. The zero-order valence-electron chi connectivity index (χ0n) is 9.39. The Morgan fingerprint density at radius 2 is 2.20 bits per heavy atom. The molecule has 0 saturated carbocycles. The Hall–Kier alpha value is -1.09. The molecule has 0 fully saturated rings. The third-order valence-electron chi connectivity index (χ3n) is 2.58. The topological polar surface area (TPSA) is 38.0 Å². The van der Waals surface area contributed by atoms with E-state index < -0.39 is 0 Å². The fourth-order valence-corrected chi connectivity index (χ4v) is 1.30. The average Bonchev–Trinajstić information content (AvgIpc) is 2.21. The summed E-state index contributed by atoms with van der Waals surface area (Å²) in [7, 11) is 0. The number of benzene rings is 1. The van der Waals surface area contributed by atoms with Crippen molar-refractivity contribution in [3.8, 4) is 0 Å². The van der Waals surface area contributed by atoms with Crippen molar-refractivity contribution in [3.05, 3.63) is 29.6 Å². The van der Waals surface area contributed by atoms with Crippen molar-refractivity contribution in [2.45, 2.75) is 26.8 Å². The smallest absolute Gasteiger partial charge is 0.129 e. The summed E-state index contributed by atoms with van der Waals surface area (Å²) >= 11 is 0. The van der Waals surface area contributed by atoms with Crippen molar-refractivity contribution >= 4 is 5.69 Å². The number of hydrogen-bond acceptors (Lipinski definition) is 2. The highest BCUT2D eigenvalue weighted by Gasteiger charge is 2.03. The number of halogens is 1. The number of hydrogen-bond donors (Lipinski definition) is 2. The lowest BCUT2D eigenvalue weighted by Gasteiger charge is -2.10. The van der Waals surface area contributed by atoms with Crippen LogP contribution in [0.1, 0.15) is 25.8 Å². The van der Waals surface area contributed by atoms with Gasteiger partial charge in [0.15, 0.2) is 0 Å². The Morgan fingerprint density at radius 3 is 2.80 bits per heavy atom. The molecule has 0 aliphatic heterocycles. The minimum absolute atomic E-state index is 0.230. The molecule has 1 rings (SSSR count). The quantitative estimate of drug-likeness (QED) is 0.733. The van der Waals surface area contributed by atoms with E-state index in [9.17, 15) is 4.39 Å². The summed E-state index contributed by atoms with van der Waals surface area (Å²) in [5.74, 6) is 0.397. The van der Waals surface area contributed by atoms with E-state index in [0.717, 1.165) is 13.0 Å². The molecule has 1 atom stereocenters. The van der Waals surface area contributed by atoms with Crippen molar-refractivity contribution in [3.63, 3.8) is 0 Å². The minimum atomic E-state index is -0.230. The molecule has 2 nitrogen and oxygen atoms in total. The summed E-state index contributed by atoms with van der Waals surface area (Å²) in [6, 6.07) is 4.82. The molecule has 0 amide bonds. The lowest BCUT2D eigenvalue weighted by Crippen LogP contribution is -2.20. The molecule has 1 unspecified atom stereocenters. The zero-order valence-corrected chi connectivity index (χ0v) is 9.39. The molecule has 0 radical (unpaired) electrons. The van der Waals surface area contributed by atoms with E-state index >= 15 is 0 Å². The maximum Gasteiger partial charge on any atom is 0.129 e. The Kier molecular flexibility index (Phi) is 4.56. The number of anilines is 1. The molecule has 0 aliphatic carbocycles. The van der Waals surface area contributed by atoms with Gasteiger partial charge in [-0.2, -0.15) is 0 Å². The third kappa shape index (κ3) is 3.88. The number of rotatable bonds is 5. The molecule has 0 bridgehead atoms. The van der Waals surface area contributed by atoms with E-state index in [0.29, 0.717) is 23.7 Å². The summed E-state index contributed by atoms with van der Waals surface area (Å²) in [6.07, 6.45) is 1.14. The van der Waals surface area contributed by atoms with Crippen molar-refractivity contribution < 1.29 is 4.39 Å². The molecule has 1 aromatic carbocycles. The fraction of sp³-hybridized carbons (Fsp3) is 0.500. The molecule has 84 valence electrons. The Bertz CT molecular complexity index is 312. The van der Waals surface area contributed by atoms with Crippen LogP contribution in [0.15, 0.2) is 18.2 Å². The second-order valence-electron chi connectivity index (χ2n) is 4.00. The van der Waals surface area contributed by atoms with E-state index in [-0.39, 0.29) is 5.82 Å². The van der Waals surface area contributed by atoms with Crippen molar-refractivity contribution in [1.82, 2.24) is 5.32 Å². The first kappa shape index (κ1) is 12.0. The molecule has 3 N–H and O–H groups in total. The number of nitrogens with one attached hydrogen (secondary N) is 1. The van der Waals surface area contributed by atoms with Crippen molar-refractivity contribution in [2.75, 3.05) is 12.3 Å². The van der Waals surface area contributed by atoms with E-state index in [4.69, 9.17) is 5.73 Å². The van der Waals surface area contributed by atoms with E-state index in [1.807, 2.05) is 0 Å². The van der Waals surface area contributed by atoms with Gasteiger partial charge in [-0.1, -0.05) is 26.3 Å². The summed E-state index contributed by atoms with van der Waals surface area (Å²) in [4.78, 5) is 0. The second-order valence-corrected chi connectivity index (χ2v) is 4.00. The molecule has 3 heteroatoms. The van der Waals surface area contributed by atoms with E-state index in [1.54, 1.807) is 12.1 Å². The van der Waals surface area contributed by atoms with Crippen LogP contribution in [0.5, 0.6) is 0 Å². The van der Waals surface area contributed by atoms with Gasteiger partial charge in [0.05, 0.1) is 0 Å². The van der Waals surface area contributed by atoms with Gasteiger partial charge in [-0.15, -0.1) is 0 Å². The monoisotopic (exact) mass is 210 g/mol. The predicted molar refractivity (Wildman–Crippen MR) is 62.0 cm³/mol. The van der Waals surface area contributed by atoms with Crippen molar-refractivity contribution in [2.24, 2.45) is 5.92 Å². The summed E-state index contributed by atoms with van der Waals surface area (Å²) in [6.45, 7) is 5.80. The summed E-state index contributed by atoms with van der Waals surface area (Å²) in [5, 5.41) is 3.23. The van der Waals surface area contributed by atoms with Crippen LogP contribution in [-0.4, -0.2) is 6.54 Å². The Labute approximate surface area is 90.7 Å². The normalized spacial score (nSPS) is 12.7. The Balaban J connectivity index is 2.44. The van der Waals surface area contributed by atoms with Crippen LogP contribution in [0.2, 0.25) is 0 Å². The molecule has 0 saturated heterocycles. The molecule has 0 heterocycles. The molecule has 15 heavy (non-hydrogen) atoms. The van der Waals surface area contributed by atoms with Gasteiger partial charge in [0.2, 0.25) is 0 Å². The first-order valence-electron chi connectivity index (χ1n) is 5.38. The van der Waals surface area contributed by atoms with Gasteiger partial charge in [0.1, 0.15) is 5.82 Å². The SMILES string of the molecule is CCC(C)CNCc1ccc(N)cc1F. The largest absolute Gasteiger partial charge is 0.399 e. The lowest BCUT2D eigenvalue weighted by molar-refractivity contribution is 0.492. The maximum absolute atomic E-state index is 13.3. The van der Waals surface area contributed by atoms with Crippen LogP contribution in [0, 0.1) is 11.7 Å². The van der Waals surface area contributed by atoms with Gasteiger partial charge < -0.3 is 11.1 Å². The molecule has 0 aliphatic rings. The minimum Gasteiger partial charge on any atom is -0.399 e. The van der Waals surface area contributed by atoms with Gasteiger partial charge in [-0.3, -0.25) is 0 Å². The molecule has 1 aromatic rings. The first-order chi connectivity index (χ1) is 7.13. The zero-order chi connectivity index (χ0) is 11.3. The van der Waals surface area contributed by atoms with Crippen LogP contribution in [0.3, 0.4) is 0 Å². The van der Waals surface area contributed by atoms with Crippen LogP contribution in [0.4, 0.5) is 10.1 Å². The summed E-state index contributed by atoms with van der Waals surface area (Å²) < 4.78 is 13.3. The predicted octanol–water partition coefficient (Wildman–Crippen LogP) is 2.54. The number of nitrogen functional groups attached to an aromatic ring is 1. The average molecular weight is 210 g/mol. The van der Waals surface area contributed by atoms with Crippen LogP contribution >= 0.6 is 0 Å². The summed E-state index contributed by atoms with van der Waals surface area (Å²) in [5.41, 5.74) is 6.61. The van der Waals surface area contributed by atoms with Crippen molar-refractivity contribution in [1.29, 1.82) is 0 Å². The van der Waals surface area contributed by atoms with Crippen LogP contribution in [0.25, 0.3) is 0 Å². The molecule has 0 spiro atoms. The molecule has 0 aromatic heterocycles. The standard InChI is InChI=1S/C12H19FN2/c1-3-9(2)7-15-8-10-4-5-11(14)6-12(10)13/h4-6,9,15H,3,7-8,14H2,1-2H3. The van der Waals surface area contributed by atoms with E-state index in [1.165, 1.54) is 6.07 Å². The van der Waals surface area contributed by atoms with Gasteiger partial charge in [0.25, 0.3) is 0 Å².